The third-order valence-corrected chi connectivity index (χ3v) is 5.36. The van der Waals surface area contributed by atoms with E-state index in [1.165, 1.54) is 17.5 Å². The third-order valence-electron chi connectivity index (χ3n) is 5.36. The molecule has 0 bridgehead atoms. The average Bonchev–Trinajstić information content (AvgIpc) is 2.87. The van der Waals surface area contributed by atoms with Gasteiger partial charge in [-0.15, -0.1) is 0 Å². The number of ether oxygens (including phenoxy) is 1. The first kappa shape index (κ1) is 14.1. The van der Waals surface area contributed by atoms with Crippen molar-refractivity contribution in [3.63, 3.8) is 0 Å². The van der Waals surface area contributed by atoms with Gasteiger partial charge >= 0.3 is 0 Å². The molecule has 1 aromatic rings. The Hall–Kier alpha value is -0.900. The highest BCUT2D eigenvalue weighted by Gasteiger charge is 2.45. The molecule has 0 saturated carbocycles. The molecule has 1 aliphatic heterocycles. The molecule has 0 spiro atoms. The highest BCUT2D eigenvalue weighted by atomic mass is 16.5. The highest BCUT2D eigenvalue weighted by molar-refractivity contribution is 5.36. The zero-order valence-corrected chi connectivity index (χ0v) is 12.7. The van der Waals surface area contributed by atoms with Gasteiger partial charge in [0.1, 0.15) is 0 Å². The largest absolute Gasteiger partial charge is 0.377 e. The summed E-state index contributed by atoms with van der Waals surface area (Å²) in [5, 5.41) is 0. The second kappa shape index (κ2) is 5.14. The Balaban J connectivity index is 1.85. The molecule has 1 saturated heterocycles. The minimum Gasteiger partial charge on any atom is -0.377 e. The van der Waals surface area contributed by atoms with Gasteiger partial charge in [-0.2, -0.15) is 0 Å². The molecule has 1 atom stereocenters. The van der Waals surface area contributed by atoms with E-state index in [4.69, 9.17) is 10.5 Å². The molecule has 0 radical (unpaired) electrons. The number of rotatable bonds is 3. The number of hydrogen-bond acceptors (Lipinski definition) is 3. The van der Waals surface area contributed by atoms with Gasteiger partial charge in [-0.3, -0.25) is 4.90 Å². The molecule has 0 aromatic heterocycles. The molecule has 3 rings (SSSR count). The van der Waals surface area contributed by atoms with E-state index in [-0.39, 0.29) is 11.1 Å². The Labute approximate surface area is 122 Å². The summed E-state index contributed by atoms with van der Waals surface area (Å²) in [7, 11) is 1.84. The van der Waals surface area contributed by atoms with Gasteiger partial charge < -0.3 is 10.5 Å². The van der Waals surface area contributed by atoms with E-state index < -0.39 is 0 Å². The Morgan fingerprint density at radius 3 is 2.45 bits per heavy atom. The van der Waals surface area contributed by atoms with Gasteiger partial charge in [0.15, 0.2) is 0 Å². The fourth-order valence-corrected chi connectivity index (χ4v) is 3.95. The lowest BCUT2D eigenvalue weighted by atomic mass is 9.86. The number of likely N-dealkylation sites (tertiary alicyclic amines) is 1. The Morgan fingerprint density at radius 2 is 1.90 bits per heavy atom. The van der Waals surface area contributed by atoms with Crippen LogP contribution in [0.25, 0.3) is 0 Å². The minimum absolute atomic E-state index is 0.0187. The van der Waals surface area contributed by atoms with E-state index in [9.17, 15) is 0 Å². The van der Waals surface area contributed by atoms with E-state index >= 15 is 0 Å². The SMILES string of the molecule is COC1(C)CCCN(C2(CN)Cc3ccccc3C2)C1. The standard InChI is InChI=1S/C17H26N2O/c1-16(20-2)8-5-9-19(13-16)17(12-18)10-14-6-3-4-7-15(14)11-17/h3-4,6-7H,5,8-13,18H2,1-2H3. The van der Waals surface area contributed by atoms with Gasteiger partial charge in [0.2, 0.25) is 0 Å². The first-order valence-electron chi connectivity index (χ1n) is 7.68. The van der Waals surface area contributed by atoms with E-state index in [1.807, 2.05) is 7.11 Å². The monoisotopic (exact) mass is 274 g/mol. The molecular formula is C17H26N2O. The molecule has 20 heavy (non-hydrogen) atoms. The van der Waals surface area contributed by atoms with Crippen LogP contribution in [0.1, 0.15) is 30.9 Å². The van der Waals surface area contributed by atoms with Crippen molar-refractivity contribution >= 4 is 0 Å². The second-order valence-corrected chi connectivity index (χ2v) is 6.73. The van der Waals surface area contributed by atoms with Gasteiger partial charge in [0.05, 0.1) is 5.60 Å². The topological polar surface area (TPSA) is 38.5 Å². The summed E-state index contributed by atoms with van der Waals surface area (Å²) in [6, 6.07) is 8.79. The fraction of sp³-hybridized carbons (Fsp3) is 0.647. The number of piperidine rings is 1. The summed E-state index contributed by atoms with van der Waals surface area (Å²) in [6.45, 7) is 5.09. The molecule has 2 aliphatic rings. The van der Waals surface area contributed by atoms with Crippen LogP contribution >= 0.6 is 0 Å². The Morgan fingerprint density at radius 1 is 1.25 bits per heavy atom. The zero-order valence-electron chi connectivity index (χ0n) is 12.7. The van der Waals surface area contributed by atoms with Crippen molar-refractivity contribution < 1.29 is 4.74 Å². The van der Waals surface area contributed by atoms with Gasteiger partial charge in [-0.05, 0) is 50.3 Å². The van der Waals surface area contributed by atoms with Crippen LogP contribution < -0.4 is 5.73 Å². The lowest BCUT2D eigenvalue weighted by Gasteiger charge is -2.48. The van der Waals surface area contributed by atoms with Crippen molar-refractivity contribution in [2.45, 2.75) is 43.7 Å². The molecule has 1 fully saturated rings. The summed E-state index contributed by atoms with van der Waals surface area (Å²) in [5.41, 5.74) is 9.26. The van der Waals surface area contributed by atoms with Crippen LogP contribution in [0.15, 0.2) is 24.3 Å². The van der Waals surface area contributed by atoms with E-state index in [0.29, 0.717) is 0 Å². The molecule has 2 N–H and O–H groups in total. The van der Waals surface area contributed by atoms with E-state index in [0.717, 1.165) is 38.9 Å². The summed E-state index contributed by atoms with van der Waals surface area (Å²) >= 11 is 0. The van der Waals surface area contributed by atoms with Crippen LogP contribution in [0.3, 0.4) is 0 Å². The van der Waals surface area contributed by atoms with Crippen LogP contribution in [-0.2, 0) is 17.6 Å². The van der Waals surface area contributed by atoms with Crippen molar-refractivity contribution in [3.05, 3.63) is 35.4 Å². The molecule has 1 heterocycles. The fourth-order valence-electron chi connectivity index (χ4n) is 3.95. The van der Waals surface area contributed by atoms with Crippen LogP contribution in [0, 0.1) is 0 Å². The van der Waals surface area contributed by atoms with Crippen molar-refractivity contribution in [3.8, 4) is 0 Å². The van der Waals surface area contributed by atoms with Crippen molar-refractivity contribution in [2.75, 3.05) is 26.7 Å². The molecule has 110 valence electrons. The Kier molecular flexibility index (Phi) is 3.61. The molecule has 0 amide bonds. The first-order valence-corrected chi connectivity index (χ1v) is 7.68. The molecular weight excluding hydrogens is 248 g/mol. The number of fused-ring (bicyclic) bond motifs is 1. The van der Waals surface area contributed by atoms with Gasteiger partial charge in [-0.1, -0.05) is 24.3 Å². The zero-order chi connectivity index (χ0) is 14.2. The maximum absolute atomic E-state index is 6.23. The van der Waals surface area contributed by atoms with E-state index in [2.05, 4.69) is 36.1 Å². The summed E-state index contributed by atoms with van der Waals surface area (Å²) in [5.74, 6) is 0. The molecule has 3 heteroatoms. The summed E-state index contributed by atoms with van der Waals surface area (Å²) in [6.07, 6.45) is 4.51. The lowest BCUT2D eigenvalue weighted by Crippen LogP contribution is -2.61. The second-order valence-electron chi connectivity index (χ2n) is 6.73. The number of methoxy groups -OCH3 is 1. The van der Waals surface area contributed by atoms with Gasteiger partial charge in [0, 0.05) is 25.7 Å². The van der Waals surface area contributed by atoms with Gasteiger partial charge in [0.25, 0.3) is 0 Å². The van der Waals surface area contributed by atoms with Crippen molar-refractivity contribution in [2.24, 2.45) is 5.73 Å². The number of nitrogens with two attached hydrogens (primary N) is 1. The normalized spacial score (nSPS) is 29.4. The number of hydrogen-bond donors (Lipinski definition) is 1. The van der Waals surface area contributed by atoms with E-state index in [1.54, 1.807) is 0 Å². The lowest BCUT2D eigenvalue weighted by molar-refractivity contribution is -0.0783. The molecule has 1 aliphatic carbocycles. The minimum atomic E-state index is -0.0187. The van der Waals surface area contributed by atoms with Crippen molar-refractivity contribution in [1.82, 2.24) is 4.90 Å². The molecule has 1 aromatic carbocycles. The smallest absolute Gasteiger partial charge is 0.0777 e. The predicted molar refractivity (Wildman–Crippen MR) is 81.9 cm³/mol. The molecule has 1 unspecified atom stereocenters. The van der Waals surface area contributed by atoms with Crippen LogP contribution in [-0.4, -0.2) is 42.8 Å². The van der Waals surface area contributed by atoms with Crippen LogP contribution in [0.4, 0.5) is 0 Å². The van der Waals surface area contributed by atoms with Gasteiger partial charge in [-0.25, -0.2) is 0 Å². The van der Waals surface area contributed by atoms with Crippen molar-refractivity contribution in [1.29, 1.82) is 0 Å². The average molecular weight is 274 g/mol. The number of benzene rings is 1. The van der Waals surface area contributed by atoms with Crippen LogP contribution in [0.5, 0.6) is 0 Å². The molecule has 3 nitrogen and oxygen atoms in total. The maximum atomic E-state index is 6.23. The maximum Gasteiger partial charge on any atom is 0.0777 e. The quantitative estimate of drug-likeness (QED) is 0.916. The summed E-state index contributed by atoms with van der Waals surface area (Å²) < 4.78 is 5.75. The highest BCUT2D eigenvalue weighted by Crippen LogP contribution is 2.37. The predicted octanol–water partition coefficient (Wildman–Crippen LogP) is 1.98. The Bertz CT molecular complexity index is 463. The summed E-state index contributed by atoms with van der Waals surface area (Å²) in [4.78, 5) is 2.60. The number of nitrogens with zero attached hydrogens (tertiary/aromatic N) is 1. The third kappa shape index (κ3) is 2.28. The first-order chi connectivity index (χ1) is 9.61. The van der Waals surface area contributed by atoms with Crippen LogP contribution in [0.2, 0.25) is 0 Å².